The fourth-order valence-electron chi connectivity index (χ4n) is 0.906. The second-order valence-electron chi connectivity index (χ2n) is 3.58. The zero-order chi connectivity index (χ0) is 13.1. The van der Waals surface area contributed by atoms with Gasteiger partial charge in [-0.05, 0) is 13.0 Å². The summed E-state index contributed by atoms with van der Waals surface area (Å²) in [7, 11) is 0. The van der Waals surface area contributed by atoms with E-state index in [-0.39, 0.29) is 6.54 Å². The van der Waals surface area contributed by atoms with E-state index in [9.17, 15) is 18.0 Å². The lowest BCUT2D eigenvalue weighted by Gasteiger charge is -2.25. The molecule has 8 heteroatoms. The van der Waals surface area contributed by atoms with Crippen molar-refractivity contribution < 1.29 is 18.0 Å². The van der Waals surface area contributed by atoms with E-state index in [0.717, 1.165) is 0 Å². The quantitative estimate of drug-likeness (QED) is 0.810. The molecule has 0 radical (unpaired) electrons. The zero-order valence-corrected chi connectivity index (χ0v) is 8.95. The number of nitrogens with two attached hydrogens (primary N) is 1. The number of hydrogen-bond acceptors (Lipinski definition) is 4. The summed E-state index contributed by atoms with van der Waals surface area (Å²) in [6.07, 6.45) is -2.16. The molecule has 1 aromatic heterocycles. The molecule has 94 valence electrons. The SMILES string of the molecule is CC(N)(C(=O)NCc1ccncn1)C(F)(F)F. The highest BCUT2D eigenvalue weighted by atomic mass is 19.4. The molecule has 0 aliphatic heterocycles. The van der Waals surface area contributed by atoms with Gasteiger partial charge in [-0.3, -0.25) is 4.79 Å². The molecule has 1 rings (SSSR count). The molecule has 0 aliphatic carbocycles. The Balaban J connectivity index is 2.62. The number of nitrogens with zero attached hydrogens (tertiary/aromatic N) is 2. The molecule has 0 bridgehead atoms. The highest BCUT2D eigenvalue weighted by Crippen LogP contribution is 2.27. The predicted octanol–water partition coefficient (Wildman–Crippen LogP) is 0.372. The van der Waals surface area contributed by atoms with Crippen LogP contribution in [0.25, 0.3) is 0 Å². The number of alkyl halides is 3. The normalized spacial score (nSPS) is 15.1. The van der Waals surface area contributed by atoms with Gasteiger partial charge < -0.3 is 11.1 Å². The number of rotatable bonds is 3. The van der Waals surface area contributed by atoms with Crippen molar-refractivity contribution in [3.05, 3.63) is 24.3 Å². The molecule has 0 saturated carbocycles. The van der Waals surface area contributed by atoms with Crippen LogP contribution in [0, 0.1) is 0 Å². The van der Waals surface area contributed by atoms with Crippen LogP contribution in [0.3, 0.4) is 0 Å². The largest absolute Gasteiger partial charge is 0.415 e. The lowest BCUT2D eigenvalue weighted by Crippen LogP contribution is -2.61. The first-order chi connectivity index (χ1) is 7.75. The first-order valence-electron chi connectivity index (χ1n) is 4.64. The van der Waals surface area contributed by atoms with Gasteiger partial charge in [0.05, 0.1) is 12.2 Å². The Bertz CT molecular complexity index is 391. The van der Waals surface area contributed by atoms with Crippen LogP contribution in [0.2, 0.25) is 0 Å². The maximum absolute atomic E-state index is 12.4. The van der Waals surface area contributed by atoms with Crippen LogP contribution in [0.1, 0.15) is 12.6 Å². The summed E-state index contributed by atoms with van der Waals surface area (Å²) in [6.45, 7) is 0.479. The minimum absolute atomic E-state index is 0.135. The fraction of sp³-hybridized carbons (Fsp3) is 0.444. The van der Waals surface area contributed by atoms with Gasteiger partial charge in [0.25, 0.3) is 0 Å². The molecule has 0 spiro atoms. The molecule has 5 nitrogen and oxygen atoms in total. The van der Waals surface area contributed by atoms with Gasteiger partial charge in [-0.25, -0.2) is 9.97 Å². The second-order valence-corrected chi connectivity index (χ2v) is 3.58. The Morgan fingerprint density at radius 3 is 2.65 bits per heavy atom. The number of carbonyl (C=O) groups is 1. The van der Waals surface area contributed by atoms with E-state index in [2.05, 4.69) is 15.3 Å². The number of amides is 1. The average Bonchev–Trinajstić information content (AvgIpc) is 2.25. The van der Waals surface area contributed by atoms with Gasteiger partial charge in [0.15, 0.2) is 5.54 Å². The topological polar surface area (TPSA) is 80.9 Å². The van der Waals surface area contributed by atoms with Gasteiger partial charge >= 0.3 is 6.18 Å². The summed E-state index contributed by atoms with van der Waals surface area (Å²) in [5, 5.41) is 2.07. The second kappa shape index (κ2) is 4.66. The van der Waals surface area contributed by atoms with Crippen LogP contribution in [0.5, 0.6) is 0 Å². The highest BCUT2D eigenvalue weighted by molar-refractivity contribution is 5.86. The minimum Gasteiger partial charge on any atom is -0.349 e. The maximum atomic E-state index is 12.4. The molecular weight excluding hydrogens is 237 g/mol. The predicted molar refractivity (Wildman–Crippen MR) is 52.5 cm³/mol. The summed E-state index contributed by atoms with van der Waals surface area (Å²) in [5.74, 6) is -1.30. The van der Waals surface area contributed by atoms with Gasteiger partial charge in [0.1, 0.15) is 6.33 Å². The van der Waals surface area contributed by atoms with E-state index in [4.69, 9.17) is 5.73 Å². The maximum Gasteiger partial charge on any atom is 0.415 e. The Morgan fingerprint density at radius 1 is 1.53 bits per heavy atom. The van der Waals surface area contributed by atoms with Crippen molar-refractivity contribution in [3.63, 3.8) is 0 Å². The Morgan fingerprint density at radius 2 is 2.18 bits per heavy atom. The van der Waals surface area contributed by atoms with Crippen molar-refractivity contribution in [2.45, 2.75) is 25.2 Å². The van der Waals surface area contributed by atoms with Gasteiger partial charge in [-0.2, -0.15) is 13.2 Å². The molecule has 1 atom stereocenters. The van der Waals surface area contributed by atoms with Gasteiger partial charge in [0.2, 0.25) is 5.91 Å². The summed E-state index contributed by atoms with van der Waals surface area (Å²) in [4.78, 5) is 18.7. The van der Waals surface area contributed by atoms with Crippen molar-refractivity contribution in [1.29, 1.82) is 0 Å². The van der Waals surface area contributed by atoms with Crippen molar-refractivity contribution in [3.8, 4) is 0 Å². The third-order valence-electron chi connectivity index (χ3n) is 2.13. The lowest BCUT2D eigenvalue weighted by molar-refractivity contribution is -0.187. The van der Waals surface area contributed by atoms with Crippen LogP contribution in [0.4, 0.5) is 13.2 Å². The summed E-state index contributed by atoms with van der Waals surface area (Å²) in [5.41, 5.74) is 2.41. The van der Waals surface area contributed by atoms with Gasteiger partial charge in [-0.15, -0.1) is 0 Å². The van der Waals surface area contributed by atoms with Crippen molar-refractivity contribution in [2.75, 3.05) is 0 Å². The van der Waals surface area contributed by atoms with E-state index in [1.165, 1.54) is 18.6 Å². The lowest BCUT2D eigenvalue weighted by atomic mass is 10.0. The number of aromatic nitrogens is 2. The van der Waals surface area contributed by atoms with E-state index < -0.39 is 17.6 Å². The zero-order valence-electron chi connectivity index (χ0n) is 8.95. The minimum atomic E-state index is -4.80. The number of carbonyl (C=O) groups excluding carboxylic acids is 1. The molecule has 0 aliphatic rings. The molecule has 1 heterocycles. The van der Waals surface area contributed by atoms with Crippen molar-refractivity contribution in [2.24, 2.45) is 5.73 Å². The van der Waals surface area contributed by atoms with E-state index in [1.807, 2.05) is 0 Å². The number of hydrogen-bond donors (Lipinski definition) is 2. The summed E-state index contributed by atoms with van der Waals surface area (Å²) in [6, 6.07) is 1.47. The summed E-state index contributed by atoms with van der Waals surface area (Å²) >= 11 is 0. The van der Waals surface area contributed by atoms with Crippen LogP contribution < -0.4 is 11.1 Å². The van der Waals surface area contributed by atoms with Crippen LogP contribution >= 0.6 is 0 Å². The van der Waals surface area contributed by atoms with Crippen LogP contribution in [0.15, 0.2) is 18.6 Å². The van der Waals surface area contributed by atoms with Crippen molar-refractivity contribution in [1.82, 2.24) is 15.3 Å². The van der Waals surface area contributed by atoms with Crippen molar-refractivity contribution >= 4 is 5.91 Å². The first kappa shape index (κ1) is 13.4. The average molecular weight is 248 g/mol. The third kappa shape index (κ3) is 3.13. The molecule has 0 fully saturated rings. The smallest absolute Gasteiger partial charge is 0.349 e. The first-order valence-corrected chi connectivity index (χ1v) is 4.64. The molecule has 1 aromatic rings. The Kier molecular flexibility index (Phi) is 3.66. The van der Waals surface area contributed by atoms with Gasteiger partial charge in [-0.1, -0.05) is 0 Å². The van der Waals surface area contributed by atoms with E-state index in [1.54, 1.807) is 0 Å². The fourth-order valence-corrected chi connectivity index (χ4v) is 0.906. The Hall–Kier alpha value is -1.70. The van der Waals surface area contributed by atoms with Gasteiger partial charge in [0, 0.05) is 6.20 Å². The molecule has 1 unspecified atom stereocenters. The third-order valence-corrected chi connectivity index (χ3v) is 2.13. The highest BCUT2D eigenvalue weighted by Gasteiger charge is 2.53. The molecule has 17 heavy (non-hydrogen) atoms. The molecular formula is C9H11F3N4O. The molecule has 3 N–H and O–H groups in total. The molecule has 1 amide bonds. The number of nitrogens with one attached hydrogen (secondary N) is 1. The Labute approximate surface area is 95.2 Å². The van der Waals surface area contributed by atoms with Crippen LogP contribution in [-0.2, 0) is 11.3 Å². The molecule has 0 aromatic carbocycles. The van der Waals surface area contributed by atoms with E-state index in [0.29, 0.717) is 12.6 Å². The van der Waals surface area contributed by atoms with Crippen LogP contribution in [-0.4, -0.2) is 27.6 Å². The monoisotopic (exact) mass is 248 g/mol. The molecule has 0 saturated heterocycles. The standard InChI is InChI=1S/C9H11F3N4O/c1-8(13,9(10,11)12)7(17)15-4-6-2-3-14-5-16-6/h2-3,5H,4,13H2,1H3,(H,15,17). The van der Waals surface area contributed by atoms with E-state index >= 15 is 0 Å². The number of halogens is 3. The summed E-state index contributed by atoms with van der Waals surface area (Å²) < 4.78 is 37.2.